The molecule has 1 unspecified atom stereocenters. The van der Waals surface area contributed by atoms with E-state index in [9.17, 15) is 9.59 Å². The van der Waals surface area contributed by atoms with E-state index in [2.05, 4.69) is 72.4 Å². The Morgan fingerprint density at radius 2 is 1.74 bits per heavy atom. The second-order valence-corrected chi connectivity index (χ2v) is 11.7. The van der Waals surface area contributed by atoms with Crippen LogP contribution in [0.15, 0.2) is 48.5 Å². The van der Waals surface area contributed by atoms with Gasteiger partial charge in [0, 0.05) is 70.8 Å². The van der Waals surface area contributed by atoms with E-state index in [0.29, 0.717) is 30.8 Å². The number of anilines is 2. The normalized spacial score (nSPS) is 15.2. The van der Waals surface area contributed by atoms with Crippen LogP contribution in [0.4, 0.5) is 11.4 Å². The minimum atomic E-state index is -0.125. The van der Waals surface area contributed by atoms with Gasteiger partial charge in [0.15, 0.2) is 0 Å². The average Bonchev–Trinajstić information content (AvgIpc) is 2.86. The number of carbonyl (C=O) groups excluding carboxylic acids is 2. The number of methoxy groups -OCH3 is 1. The first-order valence-electron chi connectivity index (χ1n) is 13.9. The number of benzene rings is 2. The van der Waals surface area contributed by atoms with Crippen LogP contribution in [-0.4, -0.2) is 63.2 Å². The van der Waals surface area contributed by atoms with Crippen molar-refractivity contribution in [3.63, 3.8) is 0 Å². The van der Waals surface area contributed by atoms with Gasteiger partial charge >= 0.3 is 0 Å². The van der Waals surface area contributed by atoms with Gasteiger partial charge in [0.1, 0.15) is 0 Å². The number of nitrogens with one attached hydrogen (secondary N) is 2. The molecule has 1 heterocycles. The van der Waals surface area contributed by atoms with Gasteiger partial charge in [-0.3, -0.25) is 14.5 Å². The first kappa shape index (κ1) is 29.7. The van der Waals surface area contributed by atoms with E-state index in [1.54, 1.807) is 7.11 Å². The molecule has 1 saturated heterocycles. The lowest BCUT2D eigenvalue weighted by molar-refractivity contribution is -0.117. The van der Waals surface area contributed by atoms with Gasteiger partial charge in [-0.25, -0.2) is 0 Å². The summed E-state index contributed by atoms with van der Waals surface area (Å²) in [6.45, 7) is 14.3. The molecule has 0 radical (unpaired) electrons. The standard InChI is InChI=1S/C31H46N4O3/c1-24(22-31(2,3)4)20-29(36)33-26-12-13-28(27(21-26)30(37)32-14-9-19-38-5)35-17-15-34(16-18-35)23-25-10-7-6-8-11-25/h6-8,10-13,21,24H,9,14-20,22-23H2,1-5H3,(H,32,37)(H,33,36). The zero-order valence-electron chi connectivity index (χ0n) is 23.9. The highest BCUT2D eigenvalue weighted by Crippen LogP contribution is 2.28. The molecule has 1 atom stereocenters. The van der Waals surface area contributed by atoms with Crippen molar-refractivity contribution < 1.29 is 14.3 Å². The van der Waals surface area contributed by atoms with Crippen molar-refractivity contribution in [1.29, 1.82) is 0 Å². The second-order valence-electron chi connectivity index (χ2n) is 11.7. The first-order valence-corrected chi connectivity index (χ1v) is 13.9. The van der Waals surface area contributed by atoms with Crippen LogP contribution in [-0.2, 0) is 16.1 Å². The van der Waals surface area contributed by atoms with Crippen molar-refractivity contribution in [3.05, 3.63) is 59.7 Å². The Kier molecular flexibility index (Phi) is 11.2. The summed E-state index contributed by atoms with van der Waals surface area (Å²) in [5.74, 6) is 0.139. The van der Waals surface area contributed by atoms with Gasteiger partial charge in [0.05, 0.1) is 5.56 Å². The molecule has 0 aromatic heterocycles. The van der Waals surface area contributed by atoms with Gasteiger partial charge in [-0.1, -0.05) is 58.0 Å². The number of hydrogen-bond donors (Lipinski definition) is 2. The fourth-order valence-corrected chi connectivity index (χ4v) is 5.22. The van der Waals surface area contributed by atoms with E-state index in [0.717, 1.165) is 51.3 Å². The largest absolute Gasteiger partial charge is 0.385 e. The predicted octanol–water partition coefficient (Wildman–Crippen LogP) is 5.18. The Balaban J connectivity index is 1.69. The highest BCUT2D eigenvalue weighted by molar-refractivity contribution is 6.02. The Morgan fingerprint density at radius 3 is 2.39 bits per heavy atom. The molecule has 3 rings (SSSR count). The SMILES string of the molecule is COCCCNC(=O)c1cc(NC(=O)CC(C)CC(C)(C)C)ccc1N1CCN(Cc2ccccc2)CC1. The quantitative estimate of drug-likeness (QED) is 0.376. The van der Waals surface area contributed by atoms with E-state index in [1.807, 2.05) is 24.3 Å². The van der Waals surface area contributed by atoms with Crippen molar-refractivity contribution in [2.45, 2.75) is 53.5 Å². The van der Waals surface area contributed by atoms with Crippen LogP contribution in [0.25, 0.3) is 0 Å². The van der Waals surface area contributed by atoms with E-state index in [4.69, 9.17) is 4.74 Å². The first-order chi connectivity index (χ1) is 18.1. The van der Waals surface area contributed by atoms with Crippen LogP contribution in [0, 0.1) is 11.3 Å². The summed E-state index contributed by atoms with van der Waals surface area (Å²) in [6.07, 6.45) is 2.18. The molecule has 2 aromatic carbocycles. The van der Waals surface area contributed by atoms with Crippen molar-refractivity contribution in [2.75, 3.05) is 56.7 Å². The second kappa shape index (κ2) is 14.3. The molecule has 7 nitrogen and oxygen atoms in total. The molecule has 0 saturated carbocycles. The molecule has 208 valence electrons. The lowest BCUT2D eigenvalue weighted by atomic mass is 9.84. The van der Waals surface area contributed by atoms with Gasteiger partial charge in [-0.05, 0) is 47.9 Å². The van der Waals surface area contributed by atoms with Crippen LogP contribution < -0.4 is 15.5 Å². The van der Waals surface area contributed by atoms with E-state index < -0.39 is 0 Å². The Bertz CT molecular complexity index is 1030. The van der Waals surface area contributed by atoms with E-state index in [1.165, 1.54) is 5.56 Å². The molecule has 2 amide bonds. The number of ether oxygens (including phenoxy) is 1. The van der Waals surface area contributed by atoms with Gasteiger partial charge in [-0.15, -0.1) is 0 Å². The molecular weight excluding hydrogens is 476 g/mol. The topological polar surface area (TPSA) is 73.9 Å². The van der Waals surface area contributed by atoms with Crippen molar-refractivity contribution in [1.82, 2.24) is 10.2 Å². The third-order valence-electron chi connectivity index (χ3n) is 6.79. The summed E-state index contributed by atoms with van der Waals surface area (Å²) in [5, 5.41) is 6.05. The van der Waals surface area contributed by atoms with Crippen molar-refractivity contribution >= 4 is 23.2 Å². The maximum Gasteiger partial charge on any atom is 0.253 e. The highest BCUT2D eigenvalue weighted by atomic mass is 16.5. The summed E-state index contributed by atoms with van der Waals surface area (Å²) in [7, 11) is 1.66. The van der Waals surface area contributed by atoms with E-state index >= 15 is 0 Å². The van der Waals surface area contributed by atoms with Gasteiger partial charge in [0.25, 0.3) is 5.91 Å². The minimum Gasteiger partial charge on any atom is -0.385 e. The fraction of sp³-hybridized carbons (Fsp3) is 0.548. The molecule has 0 aliphatic carbocycles. The Morgan fingerprint density at radius 1 is 1.03 bits per heavy atom. The van der Waals surface area contributed by atoms with Gasteiger partial charge in [-0.2, -0.15) is 0 Å². The Labute approximate surface area is 228 Å². The van der Waals surface area contributed by atoms with Gasteiger partial charge in [0.2, 0.25) is 5.91 Å². The van der Waals surface area contributed by atoms with Crippen molar-refractivity contribution in [2.24, 2.45) is 11.3 Å². The minimum absolute atomic E-state index is 0.0181. The summed E-state index contributed by atoms with van der Waals surface area (Å²) < 4.78 is 5.11. The molecule has 1 aliphatic rings. The maximum atomic E-state index is 13.2. The monoisotopic (exact) mass is 522 g/mol. The van der Waals surface area contributed by atoms with Crippen molar-refractivity contribution in [3.8, 4) is 0 Å². The average molecular weight is 523 g/mol. The lowest BCUT2D eigenvalue weighted by Crippen LogP contribution is -2.46. The number of hydrogen-bond acceptors (Lipinski definition) is 5. The lowest BCUT2D eigenvalue weighted by Gasteiger charge is -2.37. The molecular formula is C31H46N4O3. The summed E-state index contributed by atoms with van der Waals surface area (Å²) in [4.78, 5) is 30.7. The van der Waals surface area contributed by atoms with Crippen LogP contribution >= 0.6 is 0 Å². The van der Waals surface area contributed by atoms with Crippen LogP contribution in [0.1, 0.15) is 62.9 Å². The molecule has 7 heteroatoms. The number of amides is 2. The zero-order valence-corrected chi connectivity index (χ0v) is 23.9. The smallest absolute Gasteiger partial charge is 0.253 e. The van der Waals surface area contributed by atoms with Crippen LogP contribution in [0.3, 0.4) is 0 Å². The predicted molar refractivity (Wildman–Crippen MR) is 156 cm³/mol. The number of nitrogens with zero attached hydrogens (tertiary/aromatic N) is 2. The molecule has 1 fully saturated rings. The number of carbonyl (C=O) groups is 2. The van der Waals surface area contributed by atoms with E-state index in [-0.39, 0.29) is 23.1 Å². The summed E-state index contributed by atoms with van der Waals surface area (Å²) >= 11 is 0. The molecule has 0 spiro atoms. The van der Waals surface area contributed by atoms with Crippen LogP contribution in [0.2, 0.25) is 0 Å². The highest BCUT2D eigenvalue weighted by Gasteiger charge is 2.23. The molecule has 2 N–H and O–H groups in total. The molecule has 38 heavy (non-hydrogen) atoms. The maximum absolute atomic E-state index is 13.2. The molecule has 1 aliphatic heterocycles. The summed E-state index contributed by atoms with van der Waals surface area (Å²) in [5.41, 5.74) is 3.66. The Hall–Kier alpha value is -2.90. The molecule has 0 bridgehead atoms. The fourth-order valence-electron chi connectivity index (χ4n) is 5.22. The third-order valence-corrected chi connectivity index (χ3v) is 6.79. The van der Waals surface area contributed by atoms with Crippen LogP contribution in [0.5, 0.6) is 0 Å². The summed E-state index contributed by atoms with van der Waals surface area (Å²) in [6, 6.07) is 16.2. The number of rotatable bonds is 12. The third kappa shape index (κ3) is 9.76. The molecule has 2 aromatic rings. The number of piperazine rings is 1. The van der Waals surface area contributed by atoms with Gasteiger partial charge < -0.3 is 20.3 Å². The zero-order chi connectivity index (χ0) is 27.5.